The molecule has 0 bridgehead atoms. The number of aryl methyl sites for hydroxylation is 2. The molecule has 4 nitrogen and oxygen atoms in total. The minimum absolute atomic E-state index is 0.154. The van der Waals surface area contributed by atoms with Crippen LogP contribution in [0.3, 0.4) is 0 Å². The lowest BCUT2D eigenvalue weighted by atomic mass is 9.97. The van der Waals surface area contributed by atoms with E-state index in [2.05, 4.69) is 4.98 Å². The highest BCUT2D eigenvalue weighted by molar-refractivity contribution is 7.18. The highest BCUT2D eigenvalue weighted by atomic mass is 32.1. The average Bonchev–Trinajstić information content (AvgIpc) is 3.14. The summed E-state index contributed by atoms with van der Waals surface area (Å²) in [5.74, 6) is 0.877. The summed E-state index contributed by atoms with van der Waals surface area (Å²) in [4.78, 5) is 19.4. The van der Waals surface area contributed by atoms with E-state index in [1.54, 1.807) is 11.3 Å². The number of aliphatic hydroxyl groups is 1. The van der Waals surface area contributed by atoms with Crippen LogP contribution in [0.25, 0.3) is 15.8 Å². The second kappa shape index (κ2) is 5.05. The number of benzene rings is 1. The summed E-state index contributed by atoms with van der Waals surface area (Å²) in [6.07, 6.45) is 4.34. The molecule has 5 rings (SSSR count). The van der Waals surface area contributed by atoms with E-state index in [4.69, 9.17) is 0 Å². The number of rotatable bonds is 1. The lowest BCUT2D eigenvalue weighted by molar-refractivity contribution is 0.389. The first kappa shape index (κ1) is 14.0. The lowest BCUT2D eigenvalue weighted by Gasteiger charge is -2.10. The minimum Gasteiger partial charge on any atom is -0.510 e. The normalized spacial score (nSPS) is 16.5. The topological polar surface area (TPSA) is 55.1 Å². The van der Waals surface area contributed by atoms with Crippen molar-refractivity contribution in [2.45, 2.75) is 32.2 Å². The van der Waals surface area contributed by atoms with Crippen LogP contribution in [0.15, 0.2) is 40.9 Å². The molecule has 2 aliphatic rings. The molecular weight excluding hydrogens is 320 g/mol. The third kappa shape index (κ3) is 1.85. The number of nitrogens with zero attached hydrogens (tertiary/aromatic N) is 2. The Kier molecular flexibility index (Phi) is 2.94. The van der Waals surface area contributed by atoms with Gasteiger partial charge in [-0.1, -0.05) is 30.3 Å². The van der Waals surface area contributed by atoms with Crippen LogP contribution < -0.4 is 5.56 Å². The van der Waals surface area contributed by atoms with E-state index >= 15 is 0 Å². The number of aliphatic hydroxyl groups excluding tert-OH is 1. The summed E-state index contributed by atoms with van der Waals surface area (Å²) in [6, 6.07) is 9.68. The minimum atomic E-state index is -0.154. The smallest absolute Gasteiger partial charge is 0.282 e. The Bertz CT molecular complexity index is 1060. The Balaban J connectivity index is 1.80. The number of allylic oxidation sites excluding steroid dienone is 1. The Morgan fingerprint density at radius 2 is 1.92 bits per heavy atom. The monoisotopic (exact) mass is 336 g/mol. The van der Waals surface area contributed by atoms with Crippen molar-refractivity contribution in [1.82, 2.24) is 9.55 Å². The van der Waals surface area contributed by atoms with E-state index in [1.165, 1.54) is 16.9 Å². The Hall–Kier alpha value is -2.40. The van der Waals surface area contributed by atoms with E-state index in [-0.39, 0.29) is 11.3 Å². The van der Waals surface area contributed by atoms with E-state index in [9.17, 15) is 9.90 Å². The molecule has 1 aliphatic heterocycles. The van der Waals surface area contributed by atoms with Gasteiger partial charge in [0.1, 0.15) is 16.4 Å². The fourth-order valence-corrected chi connectivity index (χ4v) is 5.25. The van der Waals surface area contributed by atoms with Gasteiger partial charge in [-0.3, -0.25) is 4.79 Å². The summed E-state index contributed by atoms with van der Waals surface area (Å²) in [7, 11) is 0. The Morgan fingerprint density at radius 3 is 2.75 bits per heavy atom. The largest absolute Gasteiger partial charge is 0.510 e. The molecule has 1 aromatic carbocycles. The number of hydrogen-bond acceptors (Lipinski definition) is 4. The van der Waals surface area contributed by atoms with E-state index in [1.807, 2.05) is 34.9 Å². The predicted octanol–water partition coefficient (Wildman–Crippen LogP) is 3.67. The fraction of sp³-hybridized carbons (Fsp3) is 0.263. The van der Waals surface area contributed by atoms with Gasteiger partial charge < -0.3 is 9.67 Å². The molecule has 1 N–H and O–H groups in total. The third-order valence-electron chi connectivity index (χ3n) is 4.96. The summed E-state index contributed by atoms with van der Waals surface area (Å²) >= 11 is 1.70. The van der Waals surface area contributed by atoms with Crippen molar-refractivity contribution in [3.05, 3.63) is 68.3 Å². The van der Waals surface area contributed by atoms with Crippen LogP contribution in [-0.4, -0.2) is 14.7 Å². The van der Waals surface area contributed by atoms with Gasteiger partial charge in [-0.15, -0.1) is 11.3 Å². The average molecular weight is 336 g/mol. The molecule has 3 heterocycles. The zero-order valence-corrected chi connectivity index (χ0v) is 13.9. The molecule has 3 aromatic rings. The Morgan fingerprint density at radius 1 is 1.12 bits per heavy atom. The molecule has 0 amide bonds. The second-order valence-corrected chi connectivity index (χ2v) is 7.49. The molecule has 120 valence electrons. The van der Waals surface area contributed by atoms with Gasteiger partial charge in [0, 0.05) is 4.88 Å². The molecular formula is C19H16N2O2S. The number of aromatic nitrogens is 2. The number of hydrogen-bond donors (Lipinski definition) is 1. The molecule has 24 heavy (non-hydrogen) atoms. The first-order chi connectivity index (χ1) is 11.7. The standard InChI is InChI=1S/C19H16N2O2S/c22-13-10-21-17(15(13)11-6-2-1-3-7-11)20-18(23)16-12-8-4-5-9-14(12)24-19(16)21/h1-3,6-7,22H,4-5,8-10H2. The summed E-state index contributed by atoms with van der Waals surface area (Å²) < 4.78 is 2.01. The van der Waals surface area contributed by atoms with Crippen LogP contribution in [0.2, 0.25) is 0 Å². The van der Waals surface area contributed by atoms with Crippen molar-refractivity contribution in [2.75, 3.05) is 0 Å². The quantitative estimate of drug-likeness (QED) is 0.738. The first-order valence-corrected chi connectivity index (χ1v) is 9.08. The Labute approximate surface area is 142 Å². The van der Waals surface area contributed by atoms with Crippen LogP contribution in [0, 0.1) is 0 Å². The van der Waals surface area contributed by atoms with Crippen LogP contribution in [0.5, 0.6) is 0 Å². The highest BCUT2D eigenvalue weighted by Crippen LogP contribution is 2.39. The number of thiophene rings is 1. The lowest BCUT2D eigenvalue weighted by Crippen LogP contribution is -2.16. The van der Waals surface area contributed by atoms with Crippen LogP contribution in [0.1, 0.15) is 34.7 Å². The maximum atomic E-state index is 12.7. The summed E-state index contributed by atoms with van der Waals surface area (Å²) in [6.45, 7) is 0.392. The third-order valence-corrected chi connectivity index (χ3v) is 6.27. The van der Waals surface area contributed by atoms with Gasteiger partial charge in [0.05, 0.1) is 17.5 Å². The zero-order chi connectivity index (χ0) is 16.3. The molecule has 0 atom stereocenters. The predicted molar refractivity (Wildman–Crippen MR) is 95.6 cm³/mol. The van der Waals surface area contributed by atoms with E-state index in [0.29, 0.717) is 17.9 Å². The first-order valence-electron chi connectivity index (χ1n) is 8.27. The molecule has 0 fully saturated rings. The molecule has 0 unspecified atom stereocenters. The molecule has 0 saturated heterocycles. The van der Waals surface area contributed by atoms with E-state index in [0.717, 1.165) is 35.0 Å². The van der Waals surface area contributed by atoms with Crippen molar-refractivity contribution in [3.8, 4) is 0 Å². The highest BCUT2D eigenvalue weighted by Gasteiger charge is 2.29. The second-order valence-electron chi connectivity index (χ2n) is 6.41. The van der Waals surface area contributed by atoms with Gasteiger partial charge in [-0.05, 0) is 36.8 Å². The molecule has 0 spiro atoms. The zero-order valence-electron chi connectivity index (χ0n) is 13.1. The van der Waals surface area contributed by atoms with Gasteiger partial charge in [-0.2, -0.15) is 4.98 Å². The molecule has 5 heteroatoms. The van der Waals surface area contributed by atoms with Crippen LogP contribution in [0.4, 0.5) is 0 Å². The summed E-state index contributed by atoms with van der Waals surface area (Å²) in [5.41, 5.74) is 2.62. The molecule has 2 aromatic heterocycles. The van der Waals surface area contributed by atoms with Gasteiger partial charge in [0.15, 0.2) is 0 Å². The molecule has 0 radical (unpaired) electrons. The van der Waals surface area contributed by atoms with Gasteiger partial charge in [0.2, 0.25) is 0 Å². The van der Waals surface area contributed by atoms with Crippen molar-refractivity contribution >= 4 is 27.1 Å². The fourth-order valence-electron chi connectivity index (χ4n) is 3.87. The van der Waals surface area contributed by atoms with Crippen LogP contribution in [-0.2, 0) is 19.4 Å². The van der Waals surface area contributed by atoms with Crippen molar-refractivity contribution in [2.24, 2.45) is 0 Å². The summed E-state index contributed by atoms with van der Waals surface area (Å²) in [5, 5.41) is 11.3. The van der Waals surface area contributed by atoms with Gasteiger partial charge >= 0.3 is 0 Å². The SMILES string of the molecule is O=c1nc2n(c3sc4c(c13)CCCC4)CC(O)=C2c1ccccc1. The molecule has 1 aliphatic carbocycles. The van der Waals surface area contributed by atoms with E-state index < -0.39 is 0 Å². The van der Waals surface area contributed by atoms with Crippen LogP contribution >= 0.6 is 11.3 Å². The van der Waals surface area contributed by atoms with Crippen molar-refractivity contribution in [1.29, 1.82) is 0 Å². The van der Waals surface area contributed by atoms with Gasteiger partial charge in [0.25, 0.3) is 5.56 Å². The number of fused-ring (bicyclic) bond motifs is 5. The van der Waals surface area contributed by atoms with Crippen molar-refractivity contribution < 1.29 is 5.11 Å². The maximum absolute atomic E-state index is 12.7. The maximum Gasteiger partial charge on any atom is 0.282 e. The van der Waals surface area contributed by atoms with Crippen molar-refractivity contribution in [3.63, 3.8) is 0 Å². The van der Waals surface area contributed by atoms with Gasteiger partial charge in [-0.25, -0.2) is 0 Å². The molecule has 0 saturated carbocycles.